The van der Waals surface area contributed by atoms with Gasteiger partial charge in [-0.2, -0.15) is 0 Å². The number of sulfonamides is 1. The normalized spacial score (nSPS) is 13.3. The summed E-state index contributed by atoms with van der Waals surface area (Å²) < 4.78 is 51.3. The van der Waals surface area contributed by atoms with Gasteiger partial charge in [0.15, 0.2) is 11.6 Å². The molecule has 0 saturated carbocycles. The van der Waals surface area contributed by atoms with Crippen LogP contribution in [-0.4, -0.2) is 20.2 Å². The van der Waals surface area contributed by atoms with Crippen molar-refractivity contribution in [1.29, 1.82) is 0 Å². The summed E-state index contributed by atoms with van der Waals surface area (Å²) in [4.78, 5) is 10.9. The van der Waals surface area contributed by atoms with E-state index < -0.39 is 32.6 Å². The zero-order valence-electron chi connectivity index (χ0n) is 9.91. The van der Waals surface area contributed by atoms with Crippen molar-refractivity contribution in [2.24, 2.45) is 0 Å². The minimum absolute atomic E-state index is 0.182. The highest BCUT2D eigenvalue weighted by atomic mass is 32.2. The molecule has 0 aromatic heterocycles. The fourth-order valence-corrected chi connectivity index (χ4v) is 2.56. The molecule has 1 aromatic carbocycles. The third-order valence-electron chi connectivity index (χ3n) is 2.36. The molecule has 1 atom stereocenters. The predicted octanol–water partition coefficient (Wildman–Crippen LogP) is 1.61. The van der Waals surface area contributed by atoms with Crippen LogP contribution in [0.4, 0.5) is 8.78 Å². The van der Waals surface area contributed by atoms with E-state index in [1.807, 2.05) is 0 Å². The molecular weight excluding hydrogens is 264 g/mol. The molecule has 0 fully saturated rings. The Kier molecular flexibility index (Phi) is 4.53. The minimum atomic E-state index is -4.03. The monoisotopic (exact) mass is 277 g/mol. The van der Waals surface area contributed by atoms with E-state index >= 15 is 0 Å². The van der Waals surface area contributed by atoms with Crippen LogP contribution in [-0.2, 0) is 14.8 Å². The van der Waals surface area contributed by atoms with Crippen molar-refractivity contribution >= 4 is 15.8 Å². The highest BCUT2D eigenvalue weighted by Gasteiger charge is 2.21. The van der Waals surface area contributed by atoms with Crippen LogP contribution in [0.25, 0.3) is 0 Å². The molecule has 1 rings (SSSR count). The van der Waals surface area contributed by atoms with Crippen LogP contribution in [0.5, 0.6) is 0 Å². The van der Waals surface area contributed by atoms with Crippen LogP contribution in [0.1, 0.15) is 20.3 Å². The van der Waals surface area contributed by atoms with E-state index in [4.69, 9.17) is 0 Å². The maximum Gasteiger partial charge on any atom is 0.241 e. The van der Waals surface area contributed by atoms with E-state index in [1.165, 1.54) is 6.92 Å². The first-order chi connectivity index (χ1) is 8.27. The summed E-state index contributed by atoms with van der Waals surface area (Å²) in [6.45, 7) is 2.99. The lowest BCUT2D eigenvalue weighted by atomic mass is 10.2. The number of benzene rings is 1. The number of Topliss-reactive ketones (excluding diaryl/α,β-unsaturated/α-hetero) is 1. The van der Waals surface area contributed by atoms with Gasteiger partial charge in [0.25, 0.3) is 0 Å². The number of carbonyl (C=O) groups excluding carboxylic acids is 1. The van der Waals surface area contributed by atoms with Gasteiger partial charge in [-0.15, -0.1) is 0 Å². The van der Waals surface area contributed by atoms with E-state index in [0.29, 0.717) is 6.07 Å². The Balaban J connectivity index is 3.00. The molecule has 0 bridgehead atoms. The van der Waals surface area contributed by atoms with Crippen LogP contribution in [0.2, 0.25) is 0 Å². The van der Waals surface area contributed by atoms with E-state index in [1.54, 1.807) is 6.92 Å². The highest BCUT2D eigenvalue weighted by molar-refractivity contribution is 7.89. The van der Waals surface area contributed by atoms with Gasteiger partial charge in [-0.25, -0.2) is 21.9 Å². The molecule has 0 radical (unpaired) electrons. The third-order valence-corrected chi connectivity index (χ3v) is 3.90. The van der Waals surface area contributed by atoms with Crippen LogP contribution in [0.15, 0.2) is 23.1 Å². The van der Waals surface area contributed by atoms with Gasteiger partial charge in [0.1, 0.15) is 5.78 Å². The van der Waals surface area contributed by atoms with E-state index in [9.17, 15) is 22.0 Å². The third kappa shape index (κ3) is 3.33. The lowest BCUT2D eigenvalue weighted by Gasteiger charge is -2.12. The number of hydrogen-bond donors (Lipinski definition) is 1. The highest BCUT2D eigenvalue weighted by Crippen LogP contribution is 2.14. The Morgan fingerprint density at radius 3 is 2.44 bits per heavy atom. The SMILES string of the molecule is CCC(=O)C(C)NS(=O)(=O)c1ccc(F)c(F)c1. The van der Waals surface area contributed by atoms with Crippen molar-refractivity contribution < 1.29 is 22.0 Å². The van der Waals surface area contributed by atoms with Gasteiger partial charge < -0.3 is 0 Å². The molecule has 0 spiro atoms. The quantitative estimate of drug-likeness (QED) is 0.889. The van der Waals surface area contributed by atoms with Crippen molar-refractivity contribution in [2.45, 2.75) is 31.2 Å². The lowest BCUT2D eigenvalue weighted by Crippen LogP contribution is -2.38. The average Bonchev–Trinajstić information content (AvgIpc) is 2.30. The second kappa shape index (κ2) is 5.53. The molecule has 1 aromatic rings. The van der Waals surface area contributed by atoms with Gasteiger partial charge >= 0.3 is 0 Å². The molecule has 18 heavy (non-hydrogen) atoms. The number of carbonyl (C=O) groups is 1. The van der Waals surface area contributed by atoms with Gasteiger partial charge in [-0.05, 0) is 25.1 Å². The molecular formula is C11H13F2NO3S. The van der Waals surface area contributed by atoms with Gasteiger partial charge in [0, 0.05) is 6.42 Å². The van der Waals surface area contributed by atoms with Crippen LogP contribution in [0, 0.1) is 11.6 Å². The Morgan fingerprint density at radius 2 is 1.94 bits per heavy atom. The Bertz CT molecular complexity index is 557. The molecule has 7 heteroatoms. The standard InChI is InChI=1S/C11H13F2NO3S/c1-3-11(15)7(2)14-18(16,17)8-4-5-9(12)10(13)6-8/h4-7,14H,3H2,1-2H3. The molecule has 0 amide bonds. The maximum atomic E-state index is 12.9. The average molecular weight is 277 g/mol. The van der Waals surface area contributed by atoms with Gasteiger partial charge in [-0.1, -0.05) is 6.92 Å². The Labute approximate surface area is 104 Å². The fraction of sp³-hybridized carbons (Fsp3) is 0.364. The summed E-state index contributed by atoms with van der Waals surface area (Å²) >= 11 is 0. The topological polar surface area (TPSA) is 63.2 Å². The molecule has 0 aliphatic rings. The molecule has 0 aliphatic heterocycles. The van der Waals surface area contributed by atoms with Crippen molar-refractivity contribution in [1.82, 2.24) is 4.72 Å². The fourth-order valence-electron chi connectivity index (χ4n) is 1.32. The summed E-state index contributed by atoms with van der Waals surface area (Å²) in [7, 11) is -4.03. The van der Waals surface area contributed by atoms with Gasteiger partial charge in [0.2, 0.25) is 10.0 Å². The minimum Gasteiger partial charge on any atom is -0.298 e. The second-order valence-electron chi connectivity index (χ2n) is 3.74. The number of halogens is 2. The van der Waals surface area contributed by atoms with E-state index in [0.717, 1.165) is 12.1 Å². The second-order valence-corrected chi connectivity index (χ2v) is 5.45. The summed E-state index contributed by atoms with van der Waals surface area (Å²) in [5.41, 5.74) is 0. The molecule has 0 aliphatic carbocycles. The molecule has 1 N–H and O–H groups in total. The van der Waals surface area contributed by atoms with Crippen LogP contribution in [0.3, 0.4) is 0 Å². The summed E-state index contributed by atoms with van der Waals surface area (Å²) in [5, 5.41) is 0. The molecule has 0 saturated heterocycles. The van der Waals surface area contributed by atoms with Crippen molar-refractivity contribution in [2.75, 3.05) is 0 Å². The van der Waals surface area contributed by atoms with Crippen LogP contribution < -0.4 is 4.72 Å². The number of hydrogen-bond acceptors (Lipinski definition) is 3. The summed E-state index contributed by atoms with van der Waals surface area (Å²) in [6.07, 6.45) is 0.182. The molecule has 0 heterocycles. The molecule has 100 valence electrons. The number of ketones is 1. The Hall–Kier alpha value is -1.34. The van der Waals surface area contributed by atoms with Crippen molar-refractivity contribution in [3.8, 4) is 0 Å². The Morgan fingerprint density at radius 1 is 1.33 bits per heavy atom. The maximum absolute atomic E-state index is 12.9. The van der Waals surface area contributed by atoms with Gasteiger partial charge in [0.05, 0.1) is 10.9 Å². The first-order valence-corrected chi connectivity index (χ1v) is 6.76. The summed E-state index contributed by atoms with van der Waals surface area (Å²) in [5.74, 6) is -2.68. The zero-order chi connectivity index (χ0) is 13.9. The van der Waals surface area contributed by atoms with E-state index in [-0.39, 0.29) is 12.2 Å². The number of rotatable bonds is 5. The summed E-state index contributed by atoms with van der Waals surface area (Å²) in [6, 6.07) is 1.31. The first-order valence-electron chi connectivity index (χ1n) is 5.28. The molecule has 4 nitrogen and oxygen atoms in total. The van der Waals surface area contributed by atoms with Crippen LogP contribution >= 0.6 is 0 Å². The van der Waals surface area contributed by atoms with Crippen molar-refractivity contribution in [3.05, 3.63) is 29.8 Å². The zero-order valence-corrected chi connectivity index (χ0v) is 10.7. The largest absolute Gasteiger partial charge is 0.298 e. The van der Waals surface area contributed by atoms with Gasteiger partial charge in [-0.3, -0.25) is 4.79 Å². The van der Waals surface area contributed by atoms with E-state index in [2.05, 4.69) is 4.72 Å². The lowest BCUT2D eigenvalue weighted by molar-refractivity contribution is -0.119. The predicted molar refractivity (Wildman–Crippen MR) is 61.4 cm³/mol. The number of nitrogens with one attached hydrogen (secondary N) is 1. The first kappa shape index (κ1) is 14.7. The van der Waals surface area contributed by atoms with Crippen molar-refractivity contribution in [3.63, 3.8) is 0 Å². The smallest absolute Gasteiger partial charge is 0.241 e. The molecule has 1 unspecified atom stereocenters.